The van der Waals surface area contributed by atoms with Crippen molar-refractivity contribution in [3.05, 3.63) is 27.2 Å². The van der Waals surface area contributed by atoms with Crippen LogP contribution in [0.15, 0.2) is 10.5 Å². The Balaban J connectivity index is 2.61. The fourth-order valence-electron chi connectivity index (χ4n) is 2.44. The van der Waals surface area contributed by atoms with Gasteiger partial charge < -0.3 is 10.8 Å². The van der Waals surface area contributed by atoms with Crippen LogP contribution in [0.1, 0.15) is 40.7 Å². The lowest BCUT2D eigenvalue weighted by Gasteiger charge is -2.14. The van der Waals surface area contributed by atoms with Crippen LogP contribution < -0.4 is 5.73 Å². The molecule has 0 bridgehead atoms. The van der Waals surface area contributed by atoms with Crippen molar-refractivity contribution in [2.24, 2.45) is 5.73 Å². The molecule has 0 spiro atoms. The highest BCUT2D eigenvalue weighted by atomic mass is 79.9. The van der Waals surface area contributed by atoms with Crippen molar-refractivity contribution >= 4 is 21.7 Å². The average Bonchev–Trinajstić information content (AvgIpc) is 2.55. The van der Waals surface area contributed by atoms with E-state index >= 15 is 0 Å². The van der Waals surface area contributed by atoms with Crippen molar-refractivity contribution in [1.82, 2.24) is 0 Å². The van der Waals surface area contributed by atoms with Crippen LogP contribution in [0.25, 0.3) is 0 Å². The van der Waals surface area contributed by atoms with Gasteiger partial charge in [-0.25, -0.2) is 0 Å². The van der Waals surface area contributed by atoms with Crippen LogP contribution in [0.5, 0.6) is 5.75 Å². The Morgan fingerprint density at radius 3 is 2.76 bits per heavy atom. The minimum atomic E-state index is -0.179. The third-order valence-corrected chi connectivity index (χ3v) is 3.89. The Bertz CT molecular complexity index is 457. The van der Waals surface area contributed by atoms with E-state index in [0.29, 0.717) is 10.0 Å². The standard InChI is InChI=1S/C13H16BrNO2/c14-10-6-8-4-2-1-3-5-9(8)12(13(10)17)11(16)7-15/h6,17H,1-5,7,15H2. The lowest BCUT2D eigenvalue weighted by atomic mass is 9.93. The number of aryl methyl sites for hydroxylation is 1. The highest BCUT2D eigenvalue weighted by molar-refractivity contribution is 9.10. The highest BCUT2D eigenvalue weighted by Gasteiger charge is 2.22. The molecule has 0 heterocycles. The van der Waals surface area contributed by atoms with Gasteiger partial charge in [0.05, 0.1) is 16.6 Å². The number of halogens is 1. The first-order chi connectivity index (χ1) is 8.15. The number of phenols is 1. The van der Waals surface area contributed by atoms with Gasteiger partial charge in [0.25, 0.3) is 0 Å². The van der Waals surface area contributed by atoms with Gasteiger partial charge in [0.15, 0.2) is 5.78 Å². The predicted molar refractivity (Wildman–Crippen MR) is 70.5 cm³/mol. The Labute approximate surface area is 109 Å². The number of aromatic hydroxyl groups is 1. The molecule has 0 atom stereocenters. The molecule has 0 saturated carbocycles. The number of phenolic OH excluding ortho intramolecular Hbond substituents is 1. The molecule has 3 nitrogen and oxygen atoms in total. The summed E-state index contributed by atoms with van der Waals surface area (Å²) in [7, 11) is 0. The summed E-state index contributed by atoms with van der Waals surface area (Å²) in [6.45, 7) is -0.0591. The van der Waals surface area contributed by atoms with Crippen LogP contribution in [0.3, 0.4) is 0 Å². The number of ketones is 1. The number of hydrogen-bond acceptors (Lipinski definition) is 3. The second-order valence-electron chi connectivity index (χ2n) is 4.41. The molecule has 1 aromatic rings. The number of hydrogen-bond donors (Lipinski definition) is 2. The van der Waals surface area contributed by atoms with E-state index < -0.39 is 0 Å². The van der Waals surface area contributed by atoms with Gasteiger partial charge >= 0.3 is 0 Å². The monoisotopic (exact) mass is 297 g/mol. The quantitative estimate of drug-likeness (QED) is 0.651. The third kappa shape index (κ3) is 2.38. The zero-order chi connectivity index (χ0) is 12.4. The second kappa shape index (κ2) is 5.19. The van der Waals surface area contributed by atoms with E-state index in [9.17, 15) is 9.90 Å². The maximum atomic E-state index is 11.9. The fraction of sp³-hybridized carbons (Fsp3) is 0.462. The topological polar surface area (TPSA) is 63.3 Å². The fourth-order valence-corrected chi connectivity index (χ4v) is 2.91. The first-order valence-corrected chi connectivity index (χ1v) is 6.71. The van der Waals surface area contributed by atoms with Crippen molar-refractivity contribution < 1.29 is 9.90 Å². The van der Waals surface area contributed by atoms with Crippen LogP contribution in [0.2, 0.25) is 0 Å². The van der Waals surface area contributed by atoms with E-state index in [4.69, 9.17) is 5.73 Å². The molecule has 1 aliphatic carbocycles. The molecule has 0 unspecified atom stereocenters. The zero-order valence-corrected chi connectivity index (χ0v) is 11.2. The van der Waals surface area contributed by atoms with Crippen molar-refractivity contribution in [1.29, 1.82) is 0 Å². The molecule has 0 aliphatic heterocycles. The van der Waals surface area contributed by atoms with Gasteiger partial charge in [-0.15, -0.1) is 0 Å². The third-order valence-electron chi connectivity index (χ3n) is 3.29. The molecule has 1 aromatic carbocycles. The van der Waals surface area contributed by atoms with Gasteiger partial charge in [0.2, 0.25) is 0 Å². The van der Waals surface area contributed by atoms with Crippen molar-refractivity contribution in [3.8, 4) is 5.75 Å². The zero-order valence-electron chi connectivity index (χ0n) is 9.63. The summed E-state index contributed by atoms with van der Waals surface area (Å²) in [5.41, 5.74) is 8.02. The Morgan fingerprint density at radius 1 is 1.35 bits per heavy atom. The number of carbonyl (C=O) groups excluding carboxylic acids is 1. The van der Waals surface area contributed by atoms with Crippen molar-refractivity contribution in [2.45, 2.75) is 32.1 Å². The van der Waals surface area contributed by atoms with Crippen LogP contribution in [0.4, 0.5) is 0 Å². The maximum Gasteiger partial charge on any atom is 0.180 e. The average molecular weight is 298 g/mol. The molecule has 2 rings (SSSR count). The van der Waals surface area contributed by atoms with Crippen molar-refractivity contribution in [2.75, 3.05) is 6.54 Å². The van der Waals surface area contributed by atoms with Crippen molar-refractivity contribution in [3.63, 3.8) is 0 Å². The second-order valence-corrected chi connectivity index (χ2v) is 5.26. The van der Waals surface area contributed by atoms with Gasteiger partial charge in [-0.3, -0.25) is 4.79 Å². The summed E-state index contributed by atoms with van der Waals surface area (Å²) in [6, 6.07) is 1.93. The molecule has 0 amide bonds. The number of nitrogens with two attached hydrogens (primary N) is 1. The Hall–Kier alpha value is -0.870. The van der Waals surface area contributed by atoms with Gasteiger partial charge in [-0.2, -0.15) is 0 Å². The van der Waals surface area contributed by atoms with Gasteiger partial charge in [0, 0.05) is 0 Å². The van der Waals surface area contributed by atoms with E-state index in [1.165, 1.54) is 12.0 Å². The van der Waals surface area contributed by atoms with Crippen LogP contribution in [-0.4, -0.2) is 17.4 Å². The SMILES string of the molecule is NCC(=O)c1c(O)c(Br)cc2c1CCCCC2. The number of fused-ring (bicyclic) bond motifs is 1. The summed E-state index contributed by atoms with van der Waals surface area (Å²) in [6.07, 6.45) is 5.21. The van der Waals surface area contributed by atoms with Crippen LogP contribution in [-0.2, 0) is 12.8 Å². The molecule has 0 fully saturated rings. The predicted octanol–water partition coefficient (Wildman–Crippen LogP) is 2.57. The minimum absolute atomic E-state index is 0.0427. The van der Waals surface area contributed by atoms with E-state index in [1.807, 2.05) is 6.07 Å². The van der Waals surface area contributed by atoms with Gasteiger partial charge in [-0.1, -0.05) is 6.42 Å². The first-order valence-electron chi connectivity index (χ1n) is 5.91. The normalized spacial score (nSPS) is 15.2. The highest BCUT2D eigenvalue weighted by Crippen LogP contribution is 2.36. The first kappa shape index (κ1) is 12.6. The number of rotatable bonds is 2. The van der Waals surface area contributed by atoms with E-state index in [1.54, 1.807) is 0 Å². The largest absolute Gasteiger partial charge is 0.506 e. The number of Topliss-reactive ketones (excluding diaryl/α,β-unsaturated/α-hetero) is 1. The molecule has 92 valence electrons. The summed E-state index contributed by atoms with van der Waals surface area (Å²) in [5, 5.41) is 10.0. The number of benzene rings is 1. The van der Waals surface area contributed by atoms with E-state index in [-0.39, 0.29) is 18.1 Å². The summed E-state index contributed by atoms with van der Waals surface area (Å²) < 4.78 is 0.593. The van der Waals surface area contributed by atoms with Gasteiger partial charge in [0.1, 0.15) is 5.75 Å². The molecule has 0 aromatic heterocycles. The molecule has 3 N–H and O–H groups in total. The summed E-state index contributed by atoms with van der Waals surface area (Å²) >= 11 is 3.31. The molecule has 0 saturated heterocycles. The summed E-state index contributed by atoms with van der Waals surface area (Å²) in [5.74, 6) is -0.136. The van der Waals surface area contributed by atoms with Crippen LogP contribution in [0, 0.1) is 0 Å². The molecule has 4 heteroatoms. The smallest absolute Gasteiger partial charge is 0.180 e. The Morgan fingerprint density at radius 2 is 2.06 bits per heavy atom. The molecular formula is C13H16BrNO2. The van der Waals surface area contributed by atoms with E-state index in [0.717, 1.165) is 31.2 Å². The molecule has 17 heavy (non-hydrogen) atoms. The lowest BCUT2D eigenvalue weighted by molar-refractivity contribution is 0.0997. The molecule has 0 radical (unpaired) electrons. The molecular weight excluding hydrogens is 282 g/mol. The molecule has 1 aliphatic rings. The summed E-state index contributed by atoms with van der Waals surface area (Å²) in [4.78, 5) is 11.9. The Kier molecular flexibility index (Phi) is 3.84. The minimum Gasteiger partial charge on any atom is -0.506 e. The maximum absolute atomic E-state index is 11.9. The lowest BCUT2D eigenvalue weighted by Crippen LogP contribution is -2.17. The van der Waals surface area contributed by atoms with E-state index in [2.05, 4.69) is 15.9 Å². The van der Waals surface area contributed by atoms with Gasteiger partial charge in [-0.05, 0) is 58.8 Å². The number of carbonyl (C=O) groups is 1. The van der Waals surface area contributed by atoms with Crippen LogP contribution >= 0.6 is 15.9 Å².